The molecule has 0 atom stereocenters. The van der Waals surface area contributed by atoms with Gasteiger partial charge < -0.3 is 5.11 Å². The van der Waals surface area contributed by atoms with Crippen LogP contribution >= 0.6 is 11.3 Å². The van der Waals surface area contributed by atoms with Gasteiger partial charge in [0.2, 0.25) is 5.13 Å². The van der Waals surface area contributed by atoms with Crippen LogP contribution < -0.4 is 0 Å². The second-order valence-electron chi connectivity index (χ2n) is 4.54. The van der Waals surface area contributed by atoms with Crippen LogP contribution in [0.25, 0.3) is 16.4 Å². The van der Waals surface area contributed by atoms with Crippen molar-refractivity contribution in [3.05, 3.63) is 46.6 Å². The number of aliphatic hydroxyl groups is 1. The Kier molecular flexibility index (Phi) is 3.33. The lowest BCUT2D eigenvalue weighted by Gasteiger charge is -2.07. The molecule has 0 aliphatic carbocycles. The number of aryl methyl sites for hydroxylation is 2. The zero-order chi connectivity index (χ0) is 14.1. The molecule has 20 heavy (non-hydrogen) atoms. The smallest absolute Gasteiger partial charge is 0.212 e. The van der Waals surface area contributed by atoms with Gasteiger partial charge in [-0.25, -0.2) is 4.98 Å². The SMILES string of the molecule is Cc1csc(-n2nnc(CO)c2-c2ccccc2C)n1. The maximum atomic E-state index is 9.50. The lowest BCUT2D eigenvalue weighted by atomic mass is 10.0. The molecular weight excluding hydrogens is 272 g/mol. The molecule has 102 valence electrons. The first-order valence-electron chi connectivity index (χ1n) is 6.24. The van der Waals surface area contributed by atoms with Gasteiger partial charge in [-0.3, -0.25) is 0 Å². The fraction of sp³-hybridized carbons (Fsp3) is 0.214. The summed E-state index contributed by atoms with van der Waals surface area (Å²) in [6.45, 7) is 3.83. The normalized spacial score (nSPS) is 10.9. The highest BCUT2D eigenvalue weighted by Crippen LogP contribution is 2.28. The average Bonchev–Trinajstić information content (AvgIpc) is 3.05. The summed E-state index contributed by atoms with van der Waals surface area (Å²) < 4.78 is 1.70. The van der Waals surface area contributed by atoms with Crippen molar-refractivity contribution in [1.29, 1.82) is 0 Å². The molecule has 0 radical (unpaired) electrons. The van der Waals surface area contributed by atoms with E-state index in [1.54, 1.807) is 4.68 Å². The van der Waals surface area contributed by atoms with E-state index in [1.807, 2.05) is 43.5 Å². The van der Waals surface area contributed by atoms with E-state index < -0.39 is 0 Å². The summed E-state index contributed by atoms with van der Waals surface area (Å²) in [5.74, 6) is 0. The van der Waals surface area contributed by atoms with Gasteiger partial charge in [-0.05, 0) is 19.4 Å². The van der Waals surface area contributed by atoms with Gasteiger partial charge in [-0.15, -0.1) is 16.4 Å². The molecule has 0 saturated carbocycles. The summed E-state index contributed by atoms with van der Waals surface area (Å²) >= 11 is 1.51. The van der Waals surface area contributed by atoms with Gasteiger partial charge in [0.1, 0.15) is 11.4 Å². The number of nitrogens with zero attached hydrogens (tertiary/aromatic N) is 4. The van der Waals surface area contributed by atoms with Crippen molar-refractivity contribution in [2.45, 2.75) is 20.5 Å². The molecular formula is C14H14N4OS. The largest absolute Gasteiger partial charge is 0.390 e. The van der Waals surface area contributed by atoms with Gasteiger partial charge in [0.15, 0.2) is 0 Å². The Labute approximate surface area is 120 Å². The van der Waals surface area contributed by atoms with E-state index in [0.29, 0.717) is 5.69 Å². The van der Waals surface area contributed by atoms with Gasteiger partial charge in [-0.2, -0.15) is 4.68 Å². The topological polar surface area (TPSA) is 63.8 Å². The van der Waals surface area contributed by atoms with Crippen LogP contribution in [0.3, 0.4) is 0 Å². The van der Waals surface area contributed by atoms with Crippen LogP contribution in [-0.4, -0.2) is 25.1 Å². The Hall–Kier alpha value is -2.05. The fourth-order valence-electron chi connectivity index (χ4n) is 2.10. The summed E-state index contributed by atoms with van der Waals surface area (Å²) in [6.07, 6.45) is 0. The van der Waals surface area contributed by atoms with Gasteiger partial charge in [0, 0.05) is 10.9 Å². The van der Waals surface area contributed by atoms with Crippen LogP contribution in [0.1, 0.15) is 17.0 Å². The van der Waals surface area contributed by atoms with Gasteiger partial charge >= 0.3 is 0 Å². The lowest BCUT2D eigenvalue weighted by molar-refractivity contribution is 0.277. The minimum absolute atomic E-state index is 0.145. The molecule has 1 N–H and O–H groups in total. The molecule has 0 aliphatic rings. The molecule has 0 spiro atoms. The summed E-state index contributed by atoms with van der Waals surface area (Å²) in [6, 6.07) is 7.98. The quantitative estimate of drug-likeness (QED) is 0.803. The number of aliphatic hydroxyl groups excluding tert-OH is 1. The van der Waals surface area contributed by atoms with E-state index in [9.17, 15) is 5.11 Å². The van der Waals surface area contributed by atoms with E-state index in [0.717, 1.165) is 27.6 Å². The molecule has 0 unspecified atom stereocenters. The maximum absolute atomic E-state index is 9.50. The van der Waals surface area contributed by atoms with Crippen molar-refractivity contribution < 1.29 is 5.11 Å². The summed E-state index contributed by atoms with van der Waals surface area (Å²) in [5.41, 5.74) is 4.43. The number of rotatable bonds is 3. The van der Waals surface area contributed by atoms with E-state index >= 15 is 0 Å². The highest BCUT2D eigenvalue weighted by Gasteiger charge is 2.18. The second kappa shape index (κ2) is 5.15. The van der Waals surface area contributed by atoms with Crippen LogP contribution in [0.4, 0.5) is 0 Å². The number of benzene rings is 1. The molecule has 5 nitrogen and oxygen atoms in total. The summed E-state index contributed by atoms with van der Waals surface area (Å²) in [5, 5.41) is 20.4. The van der Waals surface area contributed by atoms with Crippen LogP contribution in [-0.2, 0) is 6.61 Å². The number of hydrogen-bond acceptors (Lipinski definition) is 5. The van der Waals surface area contributed by atoms with Crippen molar-refractivity contribution in [2.75, 3.05) is 0 Å². The first-order valence-corrected chi connectivity index (χ1v) is 7.12. The zero-order valence-corrected chi connectivity index (χ0v) is 12.1. The van der Waals surface area contributed by atoms with Crippen LogP contribution in [0.5, 0.6) is 0 Å². The maximum Gasteiger partial charge on any atom is 0.212 e. The Morgan fingerprint density at radius 3 is 2.70 bits per heavy atom. The Morgan fingerprint density at radius 1 is 1.25 bits per heavy atom. The van der Waals surface area contributed by atoms with Crippen molar-refractivity contribution in [3.63, 3.8) is 0 Å². The molecule has 6 heteroatoms. The lowest BCUT2D eigenvalue weighted by Crippen LogP contribution is -2.01. The van der Waals surface area contributed by atoms with E-state index in [2.05, 4.69) is 15.3 Å². The van der Waals surface area contributed by atoms with E-state index in [-0.39, 0.29) is 6.61 Å². The molecule has 2 heterocycles. The first-order chi connectivity index (χ1) is 9.70. The van der Waals surface area contributed by atoms with Crippen LogP contribution in [0.2, 0.25) is 0 Å². The summed E-state index contributed by atoms with van der Waals surface area (Å²) in [7, 11) is 0. The predicted octanol–water partition coefficient (Wildman–Crippen LogP) is 2.50. The second-order valence-corrected chi connectivity index (χ2v) is 5.38. The van der Waals surface area contributed by atoms with Crippen molar-refractivity contribution in [3.8, 4) is 16.4 Å². The Balaban J connectivity index is 2.23. The number of hydrogen-bond donors (Lipinski definition) is 1. The monoisotopic (exact) mass is 286 g/mol. The standard InChI is InChI=1S/C14H14N4OS/c1-9-5-3-4-6-11(9)13-12(7-19)16-17-18(13)14-15-10(2)8-20-14/h3-6,8,19H,7H2,1-2H3. The molecule has 0 aliphatic heterocycles. The van der Waals surface area contributed by atoms with Crippen molar-refractivity contribution in [1.82, 2.24) is 20.0 Å². The first kappa shape index (κ1) is 13.0. The predicted molar refractivity (Wildman–Crippen MR) is 77.9 cm³/mol. The fourth-order valence-corrected chi connectivity index (χ4v) is 2.85. The molecule has 0 amide bonds. The van der Waals surface area contributed by atoms with E-state index in [1.165, 1.54) is 11.3 Å². The van der Waals surface area contributed by atoms with E-state index in [4.69, 9.17) is 0 Å². The minimum Gasteiger partial charge on any atom is -0.390 e. The van der Waals surface area contributed by atoms with Gasteiger partial charge in [-0.1, -0.05) is 29.5 Å². The molecule has 0 saturated heterocycles. The molecule has 1 aromatic carbocycles. The average molecular weight is 286 g/mol. The number of aromatic nitrogens is 4. The van der Waals surface area contributed by atoms with Crippen molar-refractivity contribution >= 4 is 11.3 Å². The third kappa shape index (κ3) is 2.13. The third-order valence-electron chi connectivity index (χ3n) is 3.08. The molecule has 2 aromatic heterocycles. The van der Waals surface area contributed by atoms with Crippen LogP contribution in [0, 0.1) is 13.8 Å². The summed E-state index contributed by atoms with van der Waals surface area (Å²) in [4.78, 5) is 4.44. The molecule has 3 aromatic rings. The Morgan fingerprint density at radius 2 is 2.05 bits per heavy atom. The minimum atomic E-state index is -0.145. The molecule has 3 rings (SSSR count). The van der Waals surface area contributed by atoms with Gasteiger partial charge in [0.05, 0.1) is 12.3 Å². The number of thiazole rings is 1. The zero-order valence-electron chi connectivity index (χ0n) is 11.2. The molecule has 0 fully saturated rings. The highest BCUT2D eigenvalue weighted by molar-refractivity contribution is 7.12. The highest BCUT2D eigenvalue weighted by atomic mass is 32.1. The third-order valence-corrected chi connectivity index (χ3v) is 4.01. The van der Waals surface area contributed by atoms with Gasteiger partial charge in [0.25, 0.3) is 0 Å². The van der Waals surface area contributed by atoms with Crippen molar-refractivity contribution in [2.24, 2.45) is 0 Å². The van der Waals surface area contributed by atoms with Crippen LogP contribution in [0.15, 0.2) is 29.6 Å². The Bertz CT molecular complexity index is 747. The molecule has 0 bridgehead atoms.